The summed E-state index contributed by atoms with van der Waals surface area (Å²) in [6.07, 6.45) is 8.17. The lowest BCUT2D eigenvalue weighted by atomic mass is 10.0. The summed E-state index contributed by atoms with van der Waals surface area (Å²) in [4.78, 5) is 0.726. The molecule has 1 saturated carbocycles. The van der Waals surface area contributed by atoms with Crippen molar-refractivity contribution >= 4 is 15.9 Å². The van der Waals surface area contributed by atoms with Crippen LogP contribution in [0.3, 0.4) is 0 Å². The highest BCUT2D eigenvalue weighted by molar-refractivity contribution is 9.09. The molecule has 2 heteroatoms. The van der Waals surface area contributed by atoms with Crippen molar-refractivity contribution in [1.82, 2.24) is 0 Å². The molecule has 0 aromatic rings. The van der Waals surface area contributed by atoms with Gasteiger partial charge in [0, 0.05) is 11.4 Å². The number of hydrogen-bond acceptors (Lipinski definition) is 1. The van der Waals surface area contributed by atoms with Crippen molar-refractivity contribution in [2.75, 3.05) is 6.61 Å². The fraction of sp³-hybridized carbons (Fsp3) is 1.00. The average Bonchev–Trinajstić information content (AvgIpc) is 2.63. The highest BCUT2D eigenvalue weighted by Gasteiger charge is 2.22. The van der Waals surface area contributed by atoms with Gasteiger partial charge in [-0.15, -0.1) is 0 Å². The van der Waals surface area contributed by atoms with Gasteiger partial charge in [0.15, 0.2) is 0 Å². The zero-order chi connectivity index (χ0) is 11.3. The molecule has 0 aromatic heterocycles. The molecule has 0 spiro atoms. The molecule has 1 aliphatic carbocycles. The molecule has 1 atom stereocenters. The van der Waals surface area contributed by atoms with Gasteiger partial charge in [-0.3, -0.25) is 0 Å². The molecular weight excluding hydrogens is 252 g/mol. The molecular formula is C13H25BrO. The van der Waals surface area contributed by atoms with Crippen molar-refractivity contribution in [3.8, 4) is 0 Å². The van der Waals surface area contributed by atoms with Crippen LogP contribution in [0, 0.1) is 5.92 Å². The molecule has 0 N–H and O–H groups in total. The number of alkyl halides is 1. The van der Waals surface area contributed by atoms with Crippen LogP contribution in [0.5, 0.6) is 0 Å². The van der Waals surface area contributed by atoms with Crippen molar-refractivity contribution < 1.29 is 4.74 Å². The van der Waals surface area contributed by atoms with Gasteiger partial charge >= 0.3 is 0 Å². The minimum absolute atomic E-state index is 0.0230. The van der Waals surface area contributed by atoms with Gasteiger partial charge in [-0.1, -0.05) is 28.8 Å². The monoisotopic (exact) mass is 276 g/mol. The summed E-state index contributed by atoms with van der Waals surface area (Å²) in [5.74, 6) is 0.930. The Morgan fingerprint density at radius 2 is 1.87 bits per heavy atom. The maximum atomic E-state index is 5.72. The number of hydrogen-bond donors (Lipinski definition) is 0. The predicted octanol–water partition coefficient (Wildman–Crippen LogP) is 4.54. The van der Waals surface area contributed by atoms with Gasteiger partial charge in [-0.05, 0) is 52.4 Å². The molecule has 0 aromatic carbocycles. The summed E-state index contributed by atoms with van der Waals surface area (Å²) in [5.41, 5.74) is 0.0230. The first-order valence-electron chi connectivity index (χ1n) is 6.27. The van der Waals surface area contributed by atoms with Crippen molar-refractivity contribution in [2.45, 2.75) is 69.7 Å². The fourth-order valence-electron chi connectivity index (χ4n) is 2.21. The molecule has 0 aliphatic heterocycles. The summed E-state index contributed by atoms with van der Waals surface area (Å²) in [6.45, 7) is 7.26. The second-order valence-corrected chi connectivity index (χ2v) is 6.84. The maximum absolute atomic E-state index is 5.72. The highest BCUT2D eigenvalue weighted by Crippen LogP contribution is 2.33. The Bertz CT molecular complexity index is 168. The van der Waals surface area contributed by atoms with Gasteiger partial charge in [-0.2, -0.15) is 0 Å². The van der Waals surface area contributed by atoms with Crippen molar-refractivity contribution in [2.24, 2.45) is 5.92 Å². The summed E-state index contributed by atoms with van der Waals surface area (Å²) in [6, 6.07) is 0. The molecule has 0 heterocycles. The van der Waals surface area contributed by atoms with Crippen LogP contribution in [0.25, 0.3) is 0 Å². The normalized spacial score (nSPS) is 20.8. The second kappa shape index (κ2) is 6.24. The number of rotatable bonds is 5. The Labute approximate surface area is 103 Å². The Balaban J connectivity index is 2.04. The minimum Gasteiger partial charge on any atom is -0.376 e. The summed E-state index contributed by atoms with van der Waals surface area (Å²) in [7, 11) is 0. The summed E-state index contributed by atoms with van der Waals surface area (Å²) in [5, 5.41) is 0. The van der Waals surface area contributed by atoms with Crippen LogP contribution >= 0.6 is 15.9 Å². The molecule has 0 bridgehead atoms. The van der Waals surface area contributed by atoms with E-state index in [-0.39, 0.29) is 5.60 Å². The first-order chi connectivity index (χ1) is 6.99. The molecule has 0 radical (unpaired) electrons. The molecule has 1 rings (SSSR count). The molecule has 0 saturated heterocycles. The third kappa shape index (κ3) is 5.91. The van der Waals surface area contributed by atoms with E-state index >= 15 is 0 Å². The van der Waals surface area contributed by atoms with Crippen molar-refractivity contribution in [1.29, 1.82) is 0 Å². The van der Waals surface area contributed by atoms with Crippen LogP contribution in [0.4, 0.5) is 0 Å². The van der Waals surface area contributed by atoms with E-state index in [9.17, 15) is 0 Å². The van der Waals surface area contributed by atoms with E-state index in [2.05, 4.69) is 36.7 Å². The van der Waals surface area contributed by atoms with Crippen LogP contribution < -0.4 is 0 Å². The number of ether oxygens (including phenoxy) is 1. The van der Waals surface area contributed by atoms with Gasteiger partial charge in [0.05, 0.1) is 5.60 Å². The third-order valence-electron chi connectivity index (χ3n) is 3.07. The van der Waals surface area contributed by atoms with Gasteiger partial charge < -0.3 is 4.74 Å². The Hall–Kier alpha value is 0.440. The van der Waals surface area contributed by atoms with Gasteiger partial charge in [0.2, 0.25) is 0 Å². The third-order valence-corrected chi connectivity index (χ3v) is 4.28. The smallest absolute Gasteiger partial charge is 0.0598 e. The first kappa shape index (κ1) is 13.5. The van der Waals surface area contributed by atoms with Crippen molar-refractivity contribution in [3.63, 3.8) is 0 Å². The molecule has 0 amide bonds. The largest absolute Gasteiger partial charge is 0.376 e. The van der Waals surface area contributed by atoms with Gasteiger partial charge in [0.1, 0.15) is 0 Å². The maximum Gasteiger partial charge on any atom is 0.0598 e. The van der Waals surface area contributed by atoms with Crippen LogP contribution in [-0.4, -0.2) is 17.0 Å². The Kier molecular flexibility index (Phi) is 5.62. The lowest BCUT2D eigenvalue weighted by Crippen LogP contribution is -2.20. The van der Waals surface area contributed by atoms with Crippen LogP contribution in [-0.2, 0) is 4.74 Å². The van der Waals surface area contributed by atoms with E-state index in [0.717, 1.165) is 17.4 Å². The van der Waals surface area contributed by atoms with E-state index in [1.165, 1.54) is 38.5 Å². The molecule has 1 fully saturated rings. The van der Waals surface area contributed by atoms with E-state index in [0.29, 0.717) is 0 Å². The van der Waals surface area contributed by atoms with Crippen LogP contribution in [0.2, 0.25) is 0 Å². The molecule has 1 aliphatic rings. The fourth-order valence-corrected chi connectivity index (χ4v) is 3.06. The highest BCUT2D eigenvalue weighted by atomic mass is 79.9. The Morgan fingerprint density at radius 1 is 1.27 bits per heavy atom. The quantitative estimate of drug-likeness (QED) is 0.529. The van der Waals surface area contributed by atoms with E-state index in [4.69, 9.17) is 4.74 Å². The lowest BCUT2D eigenvalue weighted by Gasteiger charge is -2.21. The first-order valence-corrected chi connectivity index (χ1v) is 7.18. The minimum atomic E-state index is 0.0230. The SMILES string of the molecule is CC(C)(C)OCCCC(Br)C1CCCC1. The topological polar surface area (TPSA) is 9.23 Å². The van der Waals surface area contributed by atoms with Crippen LogP contribution in [0.1, 0.15) is 59.3 Å². The molecule has 1 unspecified atom stereocenters. The molecule has 15 heavy (non-hydrogen) atoms. The van der Waals surface area contributed by atoms with E-state index in [1.54, 1.807) is 0 Å². The van der Waals surface area contributed by atoms with E-state index in [1.807, 2.05) is 0 Å². The van der Waals surface area contributed by atoms with Gasteiger partial charge in [-0.25, -0.2) is 0 Å². The Morgan fingerprint density at radius 3 is 2.40 bits per heavy atom. The summed E-state index contributed by atoms with van der Waals surface area (Å²) >= 11 is 3.83. The second-order valence-electron chi connectivity index (χ2n) is 5.66. The summed E-state index contributed by atoms with van der Waals surface area (Å²) < 4.78 is 5.72. The standard InChI is InChI=1S/C13H25BrO/c1-13(2,3)15-10-6-9-12(14)11-7-4-5-8-11/h11-12H,4-10H2,1-3H3. The lowest BCUT2D eigenvalue weighted by molar-refractivity contribution is -0.00480. The van der Waals surface area contributed by atoms with Crippen molar-refractivity contribution in [3.05, 3.63) is 0 Å². The zero-order valence-corrected chi connectivity index (χ0v) is 12.0. The van der Waals surface area contributed by atoms with Gasteiger partial charge in [0.25, 0.3) is 0 Å². The average molecular weight is 277 g/mol. The molecule has 90 valence electrons. The zero-order valence-electron chi connectivity index (χ0n) is 10.4. The van der Waals surface area contributed by atoms with E-state index < -0.39 is 0 Å². The number of halogens is 1. The predicted molar refractivity (Wildman–Crippen MR) is 69.6 cm³/mol. The van der Waals surface area contributed by atoms with Crippen LogP contribution in [0.15, 0.2) is 0 Å². The molecule has 1 nitrogen and oxygen atoms in total.